The third-order valence-corrected chi connectivity index (χ3v) is 4.08. The fourth-order valence-corrected chi connectivity index (χ4v) is 2.19. The van der Waals surface area contributed by atoms with E-state index in [0.717, 1.165) is 10.0 Å². The maximum absolute atomic E-state index is 11.9. The summed E-state index contributed by atoms with van der Waals surface area (Å²) in [5, 5.41) is 13.4. The van der Waals surface area contributed by atoms with Crippen LogP contribution in [-0.2, 0) is 4.79 Å². The quantitative estimate of drug-likeness (QED) is 0.629. The molecule has 0 saturated carbocycles. The van der Waals surface area contributed by atoms with E-state index in [1.54, 1.807) is 13.0 Å². The predicted octanol–water partition coefficient (Wildman–Crippen LogP) is 3.99. The van der Waals surface area contributed by atoms with E-state index in [4.69, 9.17) is 4.74 Å². The molecule has 2 rings (SSSR count). The Morgan fingerprint density at radius 3 is 2.57 bits per heavy atom. The predicted molar refractivity (Wildman–Crippen MR) is 90.8 cm³/mol. The molecule has 0 aliphatic rings. The van der Waals surface area contributed by atoms with Gasteiger partial charge in [-0.1, -0.05) is 15.9 Å². The van der Waals surface area contributed by atoms with E-state index in [-0.39, 0.29) is 18.2 Å². The van der Waals surface area contributed by atoms with E-state index in [9.17, 15) is 14.9 Å². The molecule has 23 heavy (non-hydrogen) atoms. The summed E-state index contributed by atoms with van der Waals surface area (Å²) in [4.78, 5) is 22.1. The first-order valence-electron chi connectivity index (χ1n) is 6.80. The SMILES string of the molecule is Cc1cc(OCC(=O)Nc2ccc([N+](=O)[O-])cc2C)ccc1Br. The lowest BCUT2D eigenvalue weighted by Crippen LogP contribution is -2.20. The normalized spacial score (nSPS) is 10.2. The van der Waals surface area contributed by atoms with Crippen molar-refractivity contribution in [2.24, 2.45) is 0 Å². The van der Waals surface area contributed by atoms with Gasteiger partial charge in [0.15, 0.2) is 6.61 Å². The minimum absolute atomic E-state index is 0.0120. The van der Waals surface area contributed by atoms with Gasteiger partial charge in [0.2, 0.25) is 0 Å². The number of halogens is 1. The molecule has 120 valence electrons. The highest BCUT2D eigenvalue weighted by atomic mass is 79.9. The minimum Gasteiger partial charge on any atom is -0.484 e. The van der Waals surface area contributed by atoms with Crippen molar-refractivity contribution >= 4 is 33.2 Å². The Morgan fingerprint density at radius 2 is 1.96 bits per heavy atom. The van der Waals surface area contributed by atoms with Crippen molar-refractivity contribution in [3.8, 4) is 5.75 Å². The van der Waals surface area contributed by atoms with E-state index in [1.165, 1.54) is 18.2 Å². The third-order valence-electron chi connectivity index (χ3n) is 3.19. The van der Waals surface area contributed by atoms with Crippen LogP contribution >= 0.6 is 15.9 Å². The molecule has 2 aromatic carbocycles. The molecular weight excluding hydrogens is 364 g/mol. The Kier molecular flexibility index (Phi) is 5.33. The highest BCUT2D eigenvalue weighted by Gasteiger charge is 2.11. The van der Waals surface area contributed by atoms with Gasteiger partial charge in [0.05, 0.1) is 4.92 Å². The molecule has 0 aliphatic carbocycles. The van der Waals surface area contributed by atoms with Crippen LogP contribution in [0.25, 0.3) is 0 Å². The lowest BCUT2D eigenvalue weighted by Gasteiger charge is -2.10. The molecular formula is C16H15BrN2O4. The first kappa shape index (κ1) is 17.0. The van der Waals surface area contributed by atoms with Gasteiger partial charge >= 0.3 is 0 Å². The van der Waals surface area contributed by atoms with E-state index in [0.29, 0.717) is 17.0 Å². The number of anilines is 1. The van der Waals surface area contributed by atoms with Crippen LogP contribution in [0.2, 0.25) is 0 Å². The first-order chi connectivity index (χ1) is 10.9. The van der Waals surface area contributed by atoms with Crippen molar-refractivity contribution in [3.63, 3.8) is 0 Å². The maximum Gasteiger partial charge on any atom is 0.269 e. The number of nitrogens with zero attached hydrogens (tertiary/aromatic N) is 1. The van der Waals surface area contributed by atoms with Crippen molar-refractivity contribution in [2.45, 2.75) is 13.8 Å². The van der Waals surface area contributed by atoms with Gasteiger partial charge in [-0.3, -0.25) is 14.9 Å². The summed E-state index contributed by atoms with van der Waals surface area (Å²) in [6, 6.07) is 9.71. The lowest BCUT2D eigenvalue weighted by atomic mass is 10.2. The monoisotopic (exact) mass is 378 g/mol. The fraction of sp³-hybridized carbons (Fsp3) is 0.188. The number of amides is 1. The molecule has 6 nitrogen and oxygen atoms in total. The van der Waals surface area contributed by atoms with E-state index in [1.807, 2.05) is 19.1 Å². The molecule has 0 aromatic heterocycles. The summed E-state index contributed by atoms with van der Waals surface area (Å²) in [5.41, 5.74) is 2.14. The third kappa shape index (κ3) is 4.53. The largest absolute Gasteiger partial charge is 0.484 e. The van der Waals surface area contributed by atoms with Crippen molar-refractivity contribution < 1.29 is 14.5 Å². The van der Waals surface area contributed by atoms with Gasteiger partial charge in [0, 0.05) is 22.3 Å². The number of ether oxygens (including phenoxy) is 1. The molecule has 0 aliphatic heterocycles. The van der Waals surface area contributed by atoms with Gasteiger partial charge in [-0.15, -0.1) is 0 Å². The van der Waals surface area contributed by atoms with E-state index in [2.05, 4.69) is 21.2 Å². The summed E-state index contributed by atoms with van der Waals surface area (Å²) in [6.45, 7) is 3.48. The number of rotatable bonds is 5. The van der Waals surface area contributed by atoms with Crippen LogP contribution in [0.5, 0.6) is 5.75 Å². The van der Waals surface area contributed by atoms with Crippen LogP contribution in [0.3, 0.4) is 0 Å². The molecule has 0 spiro atoms. The Hall–Kier alpha value is -2.41. The highest BCUT2D eigenvalue weighted by Crippen LogP contribution is 2.22. The fourth-order valence-electron chi connectivity index (χ4n) is 1.94. The van der Waals surface area contributed by atoms with Crippen molar-refractivity contribution in [2.75, 3.05) is 11.9 Å². The minimum atomic E-state index is -0.475. The number of carbonyl (C=O) groups excluding carboxylic acids is 1. The Balaban J connectivity index is 1.97. The van der Waals surface area contributed by atoms with Crippen LogP contribution in [0.1, 0.15) is 11.1 Å². The summed E-state index contributed by atoms with van der Waals surface area (Å²) in [5.74, 6) is 0.267. The van der Waals surface area contributed by atoms with Crippen LogP contribution in [0.15, 0.2) is 40.9 Å². The topological polar surface area (TPSA) is 81.5 Å². The molecule has 0 atom stereocenters. The smallest absolute Gasteiger partial charge is 0.269 e. The molecule has 1 N–H and O–H groups in total. The van der Waals surface area contributed by atoms with Gasteiger partial charge in [-0.2, -0.15) is 0 Å². The van der Waals surface area contributed by atoms with Crippen molar-refractivity contribution in [3.05, 3.63) is 62.1 Å². The van der Waals surface area contributed by atoms with Gasteiger partial charge in [-0.05, 0) is 49.2 Å². The van der Waals surface area contributed by atoms with Crippen LogP contribution in [0.4, 0.5) is 11.4 Å². The number of carbonyl (C=O) groups is 1. The number of nitrogens with one attached hydrogen (secondary N) is 1. The number of benzene rings is 2. The summed E-state index contributed by atoms with van der Waals surface area (Å²) in [7, 11) is 0. The zero-order valence-corrected chi connectivity index (χ0v) is 14.2. The molecule has 0 fully saturated rings. The number of hydrogen-bond acceptors (Lipinski definition) is 4. The van der Waals surface area contributed by atoms with Gasteiger partial charge in [0.1, 0.15) is 5.75 Å². The van der Waals surface area contributed by atoms with E-state index >= 15 is 0 Å². The second-order valence-electron chi connectivity index (χ2n) is 5.00. The average Bonchev–Trinajstić information content (AvgIpc) is 2.50. The average molecular weight is 379 g/mol. The molecule has 7 heteroatoms. The number of nitro groups is 1. The van der Waals surface area contributed by atoms with Crippen molar-refractivity contribution in [1.29, 1.82) is 0 Å². The summed E-state index contributed by atoms with van der Waals surface area (Å²) >= 11 is 3.39. The molecule has 0 bridgehead atoms. The van der Waals surface area contributed by atoms with Gasteiger partial charge in [0.25, 0.3) is 11.6 Å². The van der Waals surface area contributed by atoms with Gasteiger partial charge in [-0.25, -0.2) is 0 Å². The maximum atomic E-state index is 11.9. The highest BCUT2D eigenvalue weighted by molar-refractivity contribution is 9.10. The molecule has 0 radical (unpaired) electrons. The zero-order chi connectivity index (χ0) is 17.0. The Morgan fingerprint density at radius 1 is 1.22 bits per heavy atom. The number of non-ortho nitro benzene ring substituents is 1. The van der Waals surface area contributed by atoms with Crippen LogP contribution in [-0.4, -0.2) is 17.4 Å². The van der Waals surface area contributed by atoms with Gasteiger partial charge < -0.3 is 10.1 Å². The second kappa shape index (κ2) is 7.23. The summed E-state index contributed by atoms with van der Waals surface area (Å²) < 4.78 is 6.40. The molecule has 0 unspecified atom stereocenters. The summed E-state index contributed by atoms with van der Waals surface area (Å²) in [6.07, 6.45) is 0. The first-order valence-corrected chi connectivity index (χ1v) is 7.60. The Labute approximate surface area is 141 Å². The molecule has 2 aromatic rings. The van der Waals surface area contributed by atoms with E-state index < -0.39 is 4.92 Å². The zero-order valence-electron chi connectivity index (χ0n) is 12.6. The number of hydrogen-bond donors (Lipinski definition) is 1. The van der Waals surface area contributed by atoms with Crippen LogP contribution < -0.4 is 10.1 Å². The number of aryl methyl sites for hydroxylation is 2. The standard InChI is InChI=1S/C16H15BrN2O4/c1-10-8-13(4-5-14(10)17)23-9-16(20)18-15-6-3-12(19(21)22)7-11(15)2/h3-8H,9H2,1-2H3,(H,18,20). The molecule has 1 amide bonds. The van der Waals surface area contributed by atoms with Crippen LogP contribution in [0, 0.1) is 24.0 Å². The second-order valence-corrected chi connectivity index (χ2v) is 5.86. The lowest BCUT2D eigenvalue weighted by molar-refractivity contribution is -0.384. The number of nitro benzene ring substituents is 1. The Bertz CT molecular complexity index is 762. The van der Waals surface area contributed by atoms with Crippen molar-refractivity contribution in [1.82, 2.24) is 0 Å². The molecule has 0 saturated heterocycles. The molecule has 0 heterocycles.